The molecule has 19 heavy (non-hydrogen) atoms. The summed E-state index contributed by atoms with van der Waals surface area (Å²) in [6.07, 6.45) is -0.120. The first-order chi connectivity index (χ1) is 8.95. The highest BCUT2D eigenvalue weighted by molar-refractivity contribution is 9.09. The molecule has 0 spiro atoms. The zero-order valence-electron chi connectivity index (χ0n) is 10.4. The fraction of sp³-hybridized carbons (Fsp3) is 0.500. The Balaban J connectivity index is 2.32. The molecule has 4 nitrogen and oxygen atoms in total. The highest BCUT2D eigenvalue weighted by Crippen LogP contribution is 2.24. The van der Waals surface area contributed by atoms with Gasteiger partial charge in [0.25, 0.3) is 0 Å². The molecule has 1 saturated heterocycles. The van der Waals surface area contributed by atoms with Crippen LogP contribution in [0.5, 0.6) is 0 Å². The van der Waals surface area contributed by atoms with Gasteiger partial charge in [-0.2, -0.15) is 4.31 Å². The first-order valence-electron chi connectivity index (χ1n) is 5.90. The molecule has 0 amide bonds. The third-order valence-corrected chi connectivity index (χ3v) is 5.96. The van der Waals surface area contributed by atoms with E-state index in [-0.39, 0.29) is 17.0 Å². The molecule has 0 aromatic heterocycles. The van der Waals surface area contributed by atoms with Crippen molar-refractivity contribution in [2.24, 2.45) is 0 Å². The minimum absolute atomic E-state index is 0.120. The number of halogens is 2. The molecule has 1 fully saturated rings. The van der Waals surface area contributed by atoms with Gasteiger partial charge >= 0.3 is 0 Å². The average molecular weight is 369 g/mol. The number of benzene rings is 1. The Morgan fingerprint density at radius 2 is 2.26 bits per heavy atom. The molecule has 2 rings (SSSR count). The van der Waals surface area contributed by atoms with Crippen LogP contribution >= 0.6 is 27.5 Å². The normalized spacial score (nSPS) is 25.4. The quantitative estimate of drug-likeness (QED) is 0.770. The van der Waals surface area contributed by atoms with Gasteiger partial charge in [0.2, 0.25) is 10.0 Å². The molecule has 106 valence electrons. The maximum atomic E-state index is 12.6. The molecule has 0 aliphatic carbocycles. The Morgan fingerprint density at radius 3 is 2.89 bits per heavy atom. The Kier molecular flexibility index (Phi) is 4.89. The number of morpholine rings is 1. The molecule has 1 heterocycles. The number of ether oxygens (including phenoxy) is 1. The van der Waals surface area contributed by atoms with Crippen LogP contribution in [0.15, 0.2) is 29.2 Å². The summed E-state index contributed by atoms with van der Waals surface area (Å²) in [5, 5.41) is 1.03. The predicted octanol–water partition coefficient (Wildman–Crippen LogP) is 2.51. The van der Waals surface area contributed by atoms with E-state index < -0.39 is 10.0 Å². The van der Waals surface area contributed by atoms with Crippen LogP contribution in [0.4, 0.5) is 0 Å². The number of alkyl halides is 1. The lowest BCUT2D eigenvalue weighted by atomic mass is 10.2. The topological polar surface area (TPSA) is 46.6 Å². The summed E-state index contributed by atoms with van der Waals surface area (Å²) < 4.78 is 32.2. The van der Waals surface area contributed by atoms with E-state index in [2.05, 4.69) is 15.9 Å². The minimum atomic E-state index is -3.53. The van der Waals surface area contributed by atoms with Gasteiger partial charge in [-0.05, 0) is 25.1 Å². The molecular formula is C12H15BrClNO3S. The van der Waals surface area contributed by atoms with E-state index in [0.717, 1.165) is 0 Å². The van der Waals surface area contributed by atoms with Crippen molar-refractivity contribution in [3.05, 3.63) is 29.3 Å². The average Bonchev–Trinajstić information content (AvgIpc) is 2.39. The van der Waals surface area contributed by atoms with Gasteiger partial charge in [0, 0.05) is 22.9 Å². The summed E-state index contributed by atoms with van der Waals surface area (Å²) in [5.41, 5.74) is 0. The second-order valence-electron chi connectivity index (χ2n) is 4.49. The van der Waals surface area contributed by atoms with Crippen molar-refractivity contribution in [1.29, 1.82) is 0 Å². The first-order valence-corrected chi connectivity index (χ1v) is 8.84. The van der Waals surface area contributed by atoms with E-state index in [1.807, 2.05) is 6.92 Å². The summed E-state index contributed by atoms with van der Waals surface area (Å²) in [5.74, 6) is 0. The number of hydrogen-bond acceptors (Lipinski definition) is 3. The van der Waals surface area contributed by atoms with Crippen LogP contribution in [-0.2, 0) is 14.8 Å². The Bertz CT molecular complexity index is 552. The van der Waals surface area contributed by atoms with Crippen molar-refractivity contribution in [3.8, 4) is 0 Å². The zero-order valence-corrected chi connectivity index (χ0v) is 13.6. The van der Waals surface area contributed by atoms with E-state index in [1.54, 1.807) is 18.2 Å². The number of hydrogen-bond donors (Lipinski definition) is 0. The van der Waals surface area contributed by atoms with Crippen molar-refractivity contribution in [2.75, 3.05) is 18.5 Å². The summed E-state index contributed by atoms with van der Waals surface area (Å²) in [6.45, 7) is 2.59. The van der Waals surface area contributed by atoms with Gasteiger partial charge in [-0.3, -0.25) is 0 Å². The van der Waals surface area contributed by atoms with E-state index in [1.165, 1.54) is 10.4 Å². The summed E-state index contributed by atoms with van der Waals surface area (Å²) in [7, 11) is -3.53. The highest BCUT2D eigenvalue weighted by atomic mass is 79.9. The van der Waals surface area contributed by atoms with E-state index in [9.17, 15) is 8.42 Å². The molecule has 0 radical (unpaired) electrons. The minimum Gasteiger partial charge on any atom is -0.374 e. The molecular weight excluding hydrogens is 354 g/mol. The highest BCUT2D eigenvalue weighted by Gasteiger charge is 2.35. The van der Waals surface area contributed by atoms with Gasteiger partial charge in [-0.1, -0.05) is 33.6 Å². The van der Waals surface area contributed by atoms with Crippen LogP contribution in [0, 0.1) is 0 Å². The Labute approximate surface area is 126 Å². The molecule has 1 aliphatic heterocycles. The van der Waals surface area contributed by atoms with Crippen LogP contribution < -0.4 is 0 Å². The smallest absolute Gasteiger partial charge is 0.243 e. The molecule has 0 saturated carbocycles. The van der Waals surface area contributed by atoms with E-state index in [4.69, 9.17) is 16.3 Å². The lowest BCUT2D eigenvalue weighted by Crippen LogP contribution is -2.51. The second kappa shape index (κ2) is 6.10. The van der Waals surface area contributed by atoms with Gasteiger partial charge in [0.05, 0.1) is 17.6 Å². The molecule has 2 unspecified atom stereocenters. The van der Waals surface area contributed by atoms with Gasteiger partial charge < -0.3 is 4.74 Å². The second-order valence-corrected chi connectivity index (χ2v) is 7.47. The maximum Gasteiger partial charge on any atom is 0.243 e. The molecule has 0 bridgehead atoms. The zero-order chi connectivity index (χ0) is 14.0. The molecule has 1 aromatic rings. The molecule has 1 aliphatic rings. The van der Waals surface area contributed by atoms with Gasteiger partial charge in [-0.15, -0.1) is 0 Å². The summed E-state index contributed by atoms with van der Waals surface area (Å²) in [6, 6.07) is 6.15. The fourth-order valence-corrected chi connectivity index (χ4v) is 4.32. The summed E-state index contributed by atoms with van der Waals surface area (Å²) >= 11 is 9.19. The SMILES string of the molecule is CC1COC(CBr)CN1S(=O)(=O)c1cccc(Cl)c1. The number of nitrogens with zero attached hydrogens (tertiary/aromatic N) is 1. The van der Waals surface area contributed by atoms with Crippen LogP contribution in [0.25, 0.3) is 0 Å². The van der Waals surface area contributed by atoms with Gasteiger partial charge in [-0.25, -0.2) is 8.42 Å². The first kappa shape index (κ1) is 15.3. The molecule has 0 N–H and O–H groups in total. The predicted molar refractivity (Wildman–Crippen MR) is 78.3 cm³/mol. The van der Waals surface area contributed by atoms with Gasteiger partial charge in [0.1, 0.15) is 0 Å². The van der Waals surface area contributed by atoms with Crippen molar-refractivity contribution in [2.45, 2.75) is 24.0 Å². The number of rotatable bonds is 3. The van der Waals surface area contributed by atoms with Crippen LogP contribution in [0.1, 0.15) is 6.92 Å². The van der Waals surface area contributed by atoms with Crippen molar-refractivity contribution in [1.82, 2.24) is 4.31 Å². The maximum absolute atomic E-state index is 12.6. The summed E-state index contributed by atoms with van der Waals surface area (Å²) in [4.78, 5) is 0.224. The van der Waals surface area contributed by atoms with Crippen molar-refractivity contribution in [3.63, 3.8) is 0 Å². The van der Waals surface area contributed by atoms with Crippen LogP contribution in [0.2, 0.25) is 5.02 Å². The van der Waals surface area contributed by atoms with Crippen molar-refractivity contribution < 1.29 is 13.2 Å². The molecule has 7 heteroatoms. The van der Waals surface area contributed by atoms with E-state index >= 15 is 0 Å². The van der Waals surface area contributed by atoms with E-state index in [0.29, 0.717) is 23.5 Å². The monoisotopic (exact) mass is 367 g/mol. The third kappa shape index (κ3) is 3.31. The van der Waals surface area contributed by atoms with Gasteiger partial charge in [0.15, 0.2) is 0 Å². The standard InChI is InChI=1S/C12H15BrClNO3S/c1-9-8-18-11(6-13)7-15(9)19(16,17)12-4-2-3-10(14)5-12/h2-5,9,11H,6-8H2,1H3. The fourth-order valence-electron chi connectivity index (χ4n) is 1.98. The Hall–Kier alpha value is -0.140. The van der Waals surface area contributed by atoms with Crippen LogP contribution in [0.3, 0.4) is 0 Å². The molecule has 1 aromatic carbocycles. The lowest BCUT2D eigenvalue weighted by Gasteiger charge is -2.36. The molecule has 2 atom stereocenters. The Morgan fingerprint density at radius 1 is 1.53 bits per heavy atom. The lowest BCUT2D eigenvalue weighted by molar-refractivity contribution is -0.0139. The van der Waals surface area contributed by atoms with Crippen LogP contribution in [-0.4, -0.2) is 43.4 Å². The van der Waals surface area contributed by atoms with Crippen molar-refractivity contribution >= 4 is 37.6 Å². The largest absolute Gasteiger partial charge is 0.374 e. The number of sulfonamides is 1. The third-order valence-electron chi connectivity index (χ3n) is 3.02.